The fourth-order valence-electron chi connectivity index (χ4n) is 4.80. The SMILES string of the molecule is O=C(Cc1ccccc1)N1C2CC3CC(C2)CC1C3. The zero-order valence-corrected chi connectivity index (χ0v) is 11.3. The summed E-state index contributed by atoms with van der Waals surface area (Å²) >= 11 is 0. The average molecular weight is 255 g/mol. The molecular formula is C17H21NO. The van der Waals surface area contributed by atoms with E-state index in [1.807, 2.05) is 18.2 Å². The van der Waals surface area contributed by atoms with E-state index in [0.717, 1.165) is 17.4 Å². The molecular weight excluding hydrogens is 234 g/mol. The molecule has 0 atom stereocenters. The Hall–Kier alpha value is -1.31. The molecule has 2 saturated carbocycles. The third-order valence-corrected chi connectivity index (χ3v) is 5.36. The van der Waals surface area contributed by atoms with Crippen LogP contribution in [0.3, 0.4) is 0 Å². The van der Waals surface area contributed by atoms with E-state index in [9.17, 15) is 4.79 Å². The normalized spacial score (nSPS) is 35.7. The number of nitrogens with zero attached hydrogens (tertiary/aromatic N) is 1. The first-order chi connectivity index (χ1) is 9.29. The molecule has 0 unspecified atom stereocenters. The predicted octanol–water partition coefficient (Wildman–Crippen LogP) is 3.02. The van der Waals surface area contributed by atoms with Crippen molar-refractivity contribution in [3.05, 3.63) is 35.9 Å². The molecule has 4 fully saturated rings. The van der Waals surface area contributed by atoms with Gasteiger partial charge in [-0.25, -0.2) is 0 Å². The minimum absolute atomic E-state index is 0.361. The highest BCUT2D eigenvalue weighted by Crippen LogP contribution is 2.49. The largest absolute Gasteiger partial charge is 0.336 e. The van der Waals surface area contributed by atoms with Gasteiger partial charge in [-0.2, -0.15) is 0 Å². The Morgan fingerprint density at radius 3 is 2.11 bits per heavy atom. The number of piperidine rings is 2. The van der Waals surface area contributed by atoms with Gasteiger partial charge in [0.1, 0.15) is 0 Å². The van der Waals surface area contributed by atoms with E-state index in [1.165, 1.54) is 32.1 Å². The molecule has 0 spiro atoms. The van der Waals surface area contributed by atoms with Crippen molar-refractivity contribution in [3.8, 4) is 0 Å². The lowest BCUT2D eigenvalue weighted by Gasteiger charge is -2.56. The molecule has 2 aliphatic heterocycles. The van der Waals surface area contributed by atoms with Gasteiger partial charge in [-0.05, 0) is 49.5 Å². The van der Waals surface area contributed by atoms with Gasteiger partial charge < -0.3 is 4.90 Å². The molecule has 2 heterocycles. The standard InChI is InChI=1S/C17H21NO/c19-17(11-12-4-2-1-3-5-12)18-15-7-13-6-14(9-15)10-16(18)8-13/h1-5,13-16H,6-11H2. The van der Waals surface area contributed by atoms with Crippen LogP contribution >= 0.6 is 0 Å². The van der Waals surface area contributed by atoms with Gasteiger partial charge in [-0.1, -0.05) is 30.3 Å². The topological polar surface area (TPSA) is 20.3 Å². The Morgan fingerprint density at radius 1 is 0.947 bits per heavy atom. The maximum absolute atomic E-state index is 12.6. The average Bonchev–Trinajstić information content (AvgIpc) is 2.38. The summed E-state index contributed by atoms with van der Waals surface area (Å²) in [4.78, 5) is 14.9. The van der Waals surface area contributed by atoms with Gasteiger partial charge in [0, 0.05) is 12.1 Å². The van der Waals surface area contributed by atoms with Crippen LogP contribution in [0.25, 0.3) is 0 Å². The Kier molecular flexibility index (Phi) is 2.64. The summed E-state index contributed by atoms with van der Waals surface area (Å²) < 4.78 is 0. The second-order valence-electron chi connectivity index (χ2n) is 6.68. The molecule has 2 aliphatic carbocycles. The van der Waals surface area contributed by atoms with E-state index in [4.69, 9.17) is 0 Å². The highest BCUT2D eigenvalue weighted by molar-refractivity contribution is 5.79. The van der Waals surface area contributed by atoms with Gasteiger partial charge in [0.05, 0.1) is 6.42 Å². The Balaban J connectivity index is 1.51. The first-order valence-corrected chi connectivity index (χ1v) is 7.64. The Morgan fingerprint density at radius 2 is 1.53 bits per heavy atom. The maximum atomic E-state index is 12.6. The zero-order chi connectivity index (χ0) is 12.8. The van der Waals surface area contributed by atoms with E-state index in [-0.39, 0.29) is 0 Å². The van der Waals surface area contributed by atoms with Gasteiger partial charge in [0.2, 0.25) is 5.91 Å². The smallest absolute Gasteiger partial charge is 0.227 e. The van der Waals surface area contributed by atoms with Crippen LogP contribution in [0, 0.1) is 11.8 Å². The van der Waals surface area contributed by atoms with Crippen molar-refractivity contribution in [3.63, 3.8) is 0 Å². The number of amides is 1. The molecule has 4 bridgehead atoms. The van der Waals surface area contributed by atoms with Crippen molar-refractivity contribution < 1.29 is 4.79 Å². The molecule has 1 amide bonds. The van der Waals surface area contributed by atoms with Crippen LogP contribution in [0.5, 0.6) is 0 Å². The fourth-order valence-corrected chi connectivity index (χ4v) is 4.80. The van der Waals surface area contributed by atoms with Crippen LogP contribution < -0.4 is 0 Å². The molecule has 100 valence electrons. The van der Waals surface area contributed by atoms with Crippen molar-refractivity contribution in [2.24, 2.45) is 11.8 Å². The van der Waals surface area contributed by atoms with Gasteiger partial charge >= 0.3 is 0 Å². The van der Waals surface area contributed by atoms with Crippen molar-refractivity contribution in [2.75, 3.05) is 0 Å². The quantitative estimate of drug-likeness (QED) is 0.795. The summed E-state index contributed by atoms with van der Waals surface area (Å²) in [5.41, 5.74) is 1.15. The number of hydrogen-bond acceptors (Lipinski definition) is 1. The monoisotopic (exact) mass is 255 g/mol. The minimum atomic E-state index is 0.361. The summed E-state index contributed by atoms with van der Waals surface area (Å²) in [5.74, 6) is 2.20. The van der Waals surface area contributed by atoms with E-state index < -0.39 is 0 Å². The van der Waals surface area contributed by atoms with Crippen molar-refractivity contribution in [1.82, 2.24) is 4.90 Å². The molecule has 1 aromatic carbocycles. The molecule has 2 saturated heterocycles. The van der Waals surface area contributed by atoms with E-state index in [2.05, 4.69) is 17.0 Å². The van der Waals surface area contributed by atoms with Crippen LogP contribution in [0.1, 0.15) is 37.7 Å². The first kappa shape index (κ1) is 11.5. The van der Waals surface area contributed by atoms with Gasteiger partial charge in [-0.3, -0.25) is 4.79 Å². The van der Waals surface area contributed by atoms with E-state index >= 15 is 0 Å². The third-order valence-electron chi connectivity index (χ3n) is 5.36. The fraction of sp³-hybridized carbons (Fsp3) is 0.588. The van der Waals surface area contributed by atoms with Gasteiger partial charge in [0.25, 0.3) is 0 Å². The minimum Gasteiger partial charge on any atom is -0.336 e. The number of benzene rings is 1. The van der Waals surface area contributed by atoms with Crippen LogP contribution in [0.15, 0.2) is 30.3 Å². The highest BCUT2D eigenvalue weighted by atomic mass is 16.2. The summed E-state index contributed by atoms with van der Waals surface area (Å²) in [6.45, 7) is 0. The summed E-state index contributed by atoms with van der Waals surface area (Å²) in [6.07, 6.45) is 7.11. The highest BCUT2D eigenvalue weighted by Gasteiger charge is 2.48. The summed E-state index contributed by atoms with van der Waals surface area (Å²) in [6, 6.07) is 11.3. The number of hydrogen-bond donors (Lipinski definition) is 0. The molecule has 2 heteroatoms. The molecule has 0 N–H and O–H groups in total. The number of carbonyl (C=O) groups excluding carboxylic acids is 1. The van der Waals surface area contributed by atoms with Crippen LogP contribution in [0.4, 0.5) is 0 Å². The van der Waals surface area contributed by atoms with E-state index in [0.29, 0.717) is 24.4 Å². The van der Waals surface area contributed by atoms with Crippen molar-refractivity contribution in [2.45, 2.75) is 50.6 Å². The predicted molar refractivity (Wildman–Crippen MR) is 74.6 cm³/mol. The lowest BCUT2D eigenvalue weighted by molar-refractivity contribution is -0.148. The van der Waals surface area contributed by atoms with Gasteiger partial charge in [0.15, 0.2) is 0 Å². The first-order valence-electron chi connectivity index (χ1n) is 7.64. The zero-order valence-electron chi connectivity index (χ0n) is 11.3. The Labute approximate surface area is 114 Å². The summed E-state index contributed by atoms with van der Waals surface area (Å²) in [7, 11) is 0. The summed E-state index contributed by atoms with van der Waals surface area (Å²) in [5, 5.41) is 0. The van der Waals surface area contributed by atoms with Crippen LogP contribution in [0.2, 0.25) is 0 Å². The lowest BCUT2D eigenvalue weighted by Crippen LogP contribution is -2.60. The molecule has 19 heavy (non-hydrogen) atoms. The third kappa shape index (κ3) is 1.98. The van der Waals surface area contributed by atoms with Crippen molar-refractivity contribution in [1.29, 1.82) is 0 Å². The van der Waals surface area contributed by atoms with E-state index in [1.54, 1.807) is 0 Å². The maximum Gasteiger partial charge on any atom is 0.227 e. The second-order valence-corrected chi connectivity index (χ2v) is 6.68. The molecule has 0 aromatic heterocycles. The lowest BCUT2D eigenvalue weighted by atomic mass is 9.63. The van der Waals surface area contributed by atoms with Gasteiger partial charge in [-0.15, -0.1) is 0 Å². The molecule has 1 aromatic rings. The van der Waals surface area contributed by atoms with Crippen molar-refractivity contribution >= 4 is 5.91 Å². The number of rotatable bonds is 2. The van der Waals surface area contributed by atoms with Crippen LogP contribution in [-0.2, 0) is 11.2 Å². The molecule has 4 aliphatic rings. The Bertz CT molecular complexity index is 453. The van der Waals surface area contributed by atoms with Crippen LogP contribution in [-0.4, -0.2) is 22.9 Å². The second kappa shape index (κ2) is 4.36. The molecule has 0 radical (unpaired) electrons. The molecule has 5 rings (SSSR count). The molecule has 2 nitrogen and oxygen atoms in total. The number of carbonyl (C=O) groups is 1.